The van der Waals surface area contributed by atoms with Crippen LogP contribution in [-0.2, 0) is 15.8 Å². The van der Waals surface area contributed by atoms with E-state index in [4.69, 9.17) is 34.9 Å². The van der Waals surface area contributed by atoms with E-state index < -0.39 is 17.2 Å². The Labute approximate surface area is 422 Å². The van der Waals surface area contributed by atoms with Crippen molar-refractivity contribution in [3.63, 3.8) is 0 Å². The summed E-state index contributed by atoms with van der Waals surface area (Å²) in [6.45, 7) is 10.5. The minimum absolute atomic E-state index is 0.171. The average molecular weight is 972 g/mol. The molecule has 15 nitrogen and oxygen atoms in total. The number of hydrogen-bond donors (Lipinski definition) is 2. The number of nitrogens with two attached hydrogens (primary N) is 1. The smallest absolute Gasteiger partial charge is 0.408 e. The van der Waals surface area contributed by atoms with Gasteiger partial charge in [-0.1, -0.05) is 119 Å². The van der Waals surface area contributed by atoms with Gasteiger partial charge in [0.2, 0.25) is 0 Å². The van der Waals surface area contributed by atoms with Crippen LogP contribution in [0.15, 0.2) is 140 Å². The maximum Gasteiger partial charge on any atom is 0.408 e. The van der Waals surface area contributed by atoms with Gasteiger partial charge in [-0.15, -0.1) is 10.2 Å². The minimum atomic E-state index is -0.551. The summed E-state index contributed by atoms with van der Waals surface area (Å²) in [7, 11) is 0. The van der Waals surface area contributed by atoms with Crippen LogP contribution in [0, 0.1) is 0 Å². The number of ether oxygens (including phenoxy) is 3. The molecule has 12 rings (SSSR count). The van der Waals surface area contributed by atoms with E-state index in [1.165, 1.54) is 12.0 Å². The number of nitrogens with one attached hydrogen (secondary N) is 1. The highest BCUT2D eigenvalue weighted by Gasteiger charge is 2.41. The molecule has 0 radical (unpaired) electrons. The monoisotopic (exact) mass is 971 g/mol. The van der Waals surface area contributed by atoms with E-state index in [1.807, 2.05) is 112 Å². The standard InChI is InChI=1S/C31H32N6O3.C27H25N5O/c1-5-39-28-36-35-27-26-23(16-19-37(27)28)32-24(25(33-26)20-10-7-6-8-11-20)21-12-14-22(15-13-21)31(17-9-18-31)34-29(38)40-30(2,3)4;1-2-33-26-31-30-25-22-17-21(18-7-4-3-5-8-18)24(29-23(22)13-16-32(25)26)19-9-11-20(12-10-19)27(28)14-6-15-27/h6-8,10-16,19H,5,9,17-18H2,1-4H3,(H,34,38);3-5,7-13,16-17H,2,6,14-15,28H2,1H3. The predicted molar refractivity (Wildman–Crippen MR) is 283 cm³/mol. The first-order valence-corrected chi connectivity index (χ1v) is 25.0. The molecule has 4 aromatic carbocycles. The van der Waals surface area contributed by atoms with E-state index in [1.54, 1.807) is 4.40 Å². The summed E-state index contributed by atoms with van der Waals surface area (Å²) in [5.74, 6) is 0. The van der Waals surface area contributed by atoms with Crippen molar-refractivity contribution in [1.29, 1.82) is 0 Å². The van der Waals surface area contributed by atoms with Crippen molar-refractivity contribution in [2.75, 3.05) is 13.2 Å². The van der Waals surface area contributed by atoms with Gasteiger partial charge in [0.05, 0.1) is 46.9 Å². The fourth-order valence-corrected chi connectivity index (χ4v) is 9.80. The van der Waals surface area contributed by atoms with Gasteiger partial charge in [0.25, 0.3) is 0 Å². The predicted octanol–water partition coefficient (Wildman–Crippen LogP) is 11.7. The summed E-state index contributed by atoms with van der Waals surface area (Å²) in [6, 6.07) is 44.2. The number of rotatable bonds is 11. The second kappa shape index (κ2) is 19.0. The summed E-state index contributed by atoms with van der Waals surface area (Å²) in [5, 5.41) is 21.2. The highest BCUT2D eigenvalue weighted by Crippen LogP contribution is 2.43. The third-order valence-corrected chi connectivity index (χ3v) is 13.8. The van der Waals surface area contributed by atoms with Crippen LogP contribution < -0.4 is 20.5 Å². The Kier molecular flexibility index (Phi) is 12.3. The van der Waals surface area contributed by atoms with Crippen molar-refractivity contribution in [2.45, 2.75) is 89.8 Å². The van der Waals surface area contributed by atoms with E-state index >= 15 is 0 Å². The van der Waals surface area contributed by atoms with Crippen LogP contribution in [0.5, 0.6) is 12.0 Å². The molecular formula is C58H57N11O4. The molecule has 368 valence electrons. The van der Waals surface area contributed by atoms with Crippen LogP contribution in [0.4, 0.5) is 4.79 Å². The molecule has 2 aliphatic rings. The largest absolute Gasteiger partial charge is 0.464 e. The molecule has 6 aromatic heterocycles. The molecule has 6 heterocycles. The quantitative estimate of drug-likeness (QED) is 0.125. The average Bonchev–Trinajstić information content (AvgIpc) is 4.00. The molecule has 2 aliphatic carbocycles. The van der Waals surface area contributed by atoms with E-state index in [9.17, 15) is 4.79 Å². The zero-order valence-corrected chi connectivity index (χ0v) is 41.7. The lowest BCUT2D eigenvalue weighted by molar-refractivity contribution is 0.0377. The Balaban J connectivity index is 0.000000160. The number of alkyl carbamates (subject to hydrolysis) is 1. The zero-order valence-electron chi connectivity index (χ0n) is 41.7. The van der Waals surface area contributed by atoms with E-state index in [2.05, 4.69) is 92.4 Å². The molecule has 3 N–H and O–H groups in total. The molecule has 0 saturated heterocycles. The number of carbonyl (C=O) groups is 1. The summed E-state index contributed by atoms with van der Waals surface area (Å²) < 4.78 is 20.5. The topological polar surface area (TPSA) is 182 Å². The first-order chi connectivity index (χ1) is 35.4. The zero-order chi connectivity index (χ0) is 50.3. The number of hydrogen-bond acceptors (Lipinski definition) is 12. The summed E-state index contributed by atoms with van der Waals surface area (Å²) >= 11 is 0. The molecule has 15 heteroatoms. The fourth-order valence-electron chi connectivity index (χ4n) is 9.80. The molecule has 10 aromatic rings. The van der Waals surface area contributed by atoms with Crippen LogP contribution >= 0.6 is 0 Å². The van der Waals surface area contributed by atoms with Crippen molar-refractivity contribution in [1.82, 2.24) is 49.5 Å². The highest BCUT2D eigenvalue weighted by atomic mass is 16.6. The molecule has 2 saturated carbocycles. The maximum atomic E-state index is 12.6. The van der Waals surface area contributed by atoms with Crippen molar-refractivity contribution in [3.05, 3.63) is 151 Å². The van der Waals surface area contributed by atoms with Gasteiger partial charge < -0.3 is 25.3 Å². The van der Waals surface area contributed by atoms with Gasteiger partial charge in [0, 0.05) is 45.6 Å². The second-order valence-corrected chi connectivity index (χ2v) is 19.8. The summed E-state index contributed by atoms with van der Waals surface area (Å²) in [6.07, 6.45) is 9.47. The normalized spacial score (nSPS) is 14.8. The number of fused-ring (bicyclic) bond motifs is 6. The molecule has 1 amide bonds. The molecule has 73 heavy (non-hydrogen) atoms. The van der Waals surface area contributed by atoms with Gasteiger partial charge in [-0.3, -0.25) is 8.80 Å². The first kappa shape index (κ1) is 47.0. The van der Waals surface area contributed by atoms with E-state index in [0.29, 0.717) is 41.9 Å². The maximum absolute atomic E-state index is 12.6. The number of aromatic nitrogens is 9. The molecule has 0 spiro atoms. The molecular weight excluding hydrogens is 915 g/mol. The van der Waals surface area contributed by atoms with Gasteiger partial charge in [0.1, 0.15) is 11.1 Å². The number of nitrogens with zero attached hydrogens (tertiary/aromatic N) is 9. The molecule has 0 bridgehead atoms. The Bertz CT molecular complexity index is 3620. The van der Waals surface area contributed by atoms with Gasteiger partial charge in [-0.25, -0.2) is 19.7 Å². The van der Waals surface area contributed by atoms with Gasteiger partial charge >= 0.3 is 18.1 Å². The van der Waals surface area contributed by atoms with Crippen molar-refractivity contribution < 1.29 is 19.0 Å². The number of amides is 1. The Morgan fingerprint density at radius 1 is 0.603 bits per heavy atom. The van der Waals surface area contributed by atoms with Crippen LogP contribution in [0.3, 0.4) is 0 Å². The van der Waals surface area contributed by atoms with Gasteiger partial charge in [0.15, 0.2) is 11.3 Å². The Hall–Kier alpha value is -8.30. The van der Waals surface area contributed by atoms with Crippen LogP contribution in [0.1, 0.15) is 84.3 Å². The van der Waals surface area contributed by atoms with Gasteiger partial charge in [-0.2, -0.15) is 0 Å². The molecule has 0 atom stereocenters. The van der Waals surface area contributed by atoms with Gasteiger partial charge in [-0.05, 0) is 108 Å². The van der Waals surface area contributed by atoms with Crippen LogP contribution in [0.2, 0.25) is 0 Å². The minimum Gasteiger partial charge on any atom is -0.464 e. The summed E-state index contributed by atoms with van der Waals surface area (Å²) in [5.41, 5.74) is 18.8. The van der Waals surface area contributed by atoms with E-state index in [0.717, 1.165) is 99.1 Å². The third-order valence-electron chi connectivity index (χ3n) is 13.8. The van der Waals surface area contributed by atoms with Crippen molar-refractivity contribution >= 4 is 39.3 Å². The van der Waals surface area contributed by atoms with Crippen molar-refractivity contribution in [2.24, 2.45) is 5.73 Å². The first-order valence-electron chi connectivity index (χ1n) is 25.0. The lowest BCUT2D eigenvalue weighted by atomic mass is 9.71. The highest BCUT2D eigenvalue weighted by molar-refractivity contribution is 5.98. The number of carbonyl (C=O) groups excluding carboxylic acids is 1. The van der Waals surface area contributed by atoms with E-state index in [-0.39, 0.29) is 5.54 Å². The third kappa shape index (κ3) is 9.05. The Morgan fingerprint density at radius 3 is 1.70 bits per heavy atom. The lowest BCUT2D eigenvalue weighted by Crippen LogP contribution is -2.52. The summed E-state index contributed by atoms with van der Waals surface area (Å²) in [4.78, 5) is 27.9. The number of benzene rings is 4. The number of pyridine rings is 3. The molecule has 2 fully saturated rings. The molecule has 0 aliphatic heterocycles. The van der Waals surface area contributed by atoms with Crippen molar-refractivity contribution in [3.8, 4) is 56.9 Å². The molecule has 0 unspecified atom stereocenters. The lowest BCUT2D eigenvalue weighted by Gasteiger charge is -2.43. The van der Waals surface area contributed by atoms with Crippen LogP contribution in [0.25, 0.3) is 78.1 Å². The SMILES string of the molecule is CCOc1nnc2c3cc(-c4ccccc4)c(-c4ccc(C5(N)CCC5)cc4)nc3ccn12.CCOc1nnc2c3nc(-c4ccccc4)c(-c4ccc(C5(NC(=O)OC(C)(C)C)CCC5)cc4)nc3ccn12. The second-order valence-electron chi connectivity index (χ2n) is 19.8. The Morgan fingerprint density at radius 2 is 1.12 bits per heavy atom. The fraction of sp³-hybridized carbons (Fsp3) is 0.276. The van der Waals surface area contributed by atoms with Crippen LogP contribution in [-0.4, -0.2) is 69.1 Å².